The summed E-state index contributed by atoms with van der Waals surface area (Å²) < 4.78 is 16.6. The molecule has 25 heavy (non-hydrogen) atoms. The summed E-state index contributed by atoms with van der Waals surface area (Å²) in [4.78, 5) is 23.1. The lowest BCUT2D eigenvalue weighted by molar-refractivity contribution is 0.105. The van der Waals surface area contributed by atoms with Gasteiger partial charge in [-0.1, -0.05) is 18.2 Å². The van der Waals surface area contributed by atoms with Gasteiger partial charge in [0.15, 0.2) is 11.2 Å². The van der Waals surface area contributed by atoms with Crippen molar-refractivity contribution in [1.29, 1.82) is 0 Å². The maximum Gasteiger partial charge on any atom is 0.287 e. The Morgan fingerprint density at radius 3 is 2.40 bits per heavy atom. The van der Waals surface area contributed by atoms with E-state index >= 15 is 0 Å². The summed E-state index contributed by atoms with van der Waals surface area (Å²) in [5, 5.41) is -0.454. The van der Waals surface area contributed by atoms with E-state index in [1.165, 1.54) is 0 Å². The van der Waals surface area contributed by atoms with E-state index in [4.69, 9.17) is 25.5 Å². The van der Waals surface area contributed by atoms with E-state index in [0.717, 1.165) is 11.8 Å². The van der Waals surface area contributed by atoms with Crippen LogP contribution in [0.4, 0.5) is 0 Å². The third-order valence-corrected chi connectivity index (χ3v) is 3.65. The minimum Gasteiger partial charge on any atom is -0.493 e. The quantitative estimate of drug-likeness (QED) is 0.471. The first-order valence-electron chi connectivity index (χ1n) is 7.72. The van der Waals surface area contributed by atoms with Gasteiger partial charge < -0.3 is 13.9 Å². The lowest BCUT2D eigenvalue weighted by Gasteiger charge is -2.08. The van der Waals surface area contributed by atoms with E-state index in [0.29, 0.717) is 30.8 Å². The molecular weight excluding hydrogens is 344 g/mol. The van der Waals surface area contributed by atoms with E-state index in [9.17, 15) is 9.59 Å². The van der Waals surface area contributed by atoms with Gasteiger partial charge >= 0.3 is 0 Å². The molecule has 1 aromatic heterocycles. The topological polar surface area (TPSA) is 65.7 Å². The molecule has 0 aliphatic heterocycles. The molecule has 2 aromatic carbocycles. The Morgan fingerprint density at radius 1 is 0.960 bits per heavy atom. The average molecular weight is 359 g/mol. The van der Waals surface area contributed by atoms with Crippen LogP contribution in [0, 0.1) is 0 Å². The maximum atomic E-state index is 11.9. The van der Waals surface area contributed by atoms with Crippen LogP contribution in [0.1, 0.15) is 17.0 Å². The van der Waals surface area contributed by atoms with Gasteiger partial charge in [0.2, 0.25) is 0 Å². The smallest absolute Gasteiger partial charge is 0.287 e. The fourth-order valence-corrected chi connectivity index (χ4v) is 2.37. The molecule has 0 radical (unpaired) electrons. The first-order valence-corrected chi connectivity index (χ1v) is 8.10. The Balaban J connectivity index is 1.60. The first-order chi connectivity index (χ1) is 12.1. The number of hydrogen-bond acceptors (Lipinski definition) is 5. The number of fused-ring (bicyclic) bond motifs is 1. The molecule has 0 saturated heterocycles. The standard InChI is InChI=1S/C19H15ClO5/c20-19(22)18-12-16(21)15-8-7-14(11-17(15)25-18)24-10-4-9-23-13-5-2-1-3-6-13/h1-3,5-8,11-12H,4,9-10H2. The molecule has 0 unspecified atom stereocenters. The normalized spacial score (nSPS) is 10.6. The molecule has 0 aliphatic carbocycles. The van der Waals surface area contributed by atoms with Crippen molar-refractivity contribution in [3.63, 3.8) is 0 Å². The molecular formula is C19H15ClO5. The number of rotatable bonds is 7. The Kier molecular flexibility index (Phi) is 5.36. The van der Waals surface area contributed by atoms with Crippen molar-refractivity contribution in [3.8, 4) is 11.5 Å². The van der Waals surface area contributed by atoms with Gasteiger partial charge in [0.1, 0.15) is 17.1 Å². The summed E-state index contributed by atoms with van der Waals surface area (Å²) in [6.45, 7) is 0.967. The van der Waals surface area contributed by atoms with Gasteiger partial charge in [-0.25, -0.2) is 0 Å². The second-order valence-electron chi connectivity index (χ2n) is 5.27. The van der Waals surface area contributed by atoms with Crippen LogP contribution < -0.4 is 14.9 Å². The molecule has 1 heterocycles. The zero-order chi connectivity index (χ0) is 17.6. The lowest BCUT2D eigenvalue weighted by Crippen LogP contribution is -2.06. The van der Waals surface area contributed by atoms with E-state index in [1.807, 2.05) is 30.3 Å². The van der Waals surface area contributed by atoms with Crippen LogP contribution in [-0.2, 0) is 0 Å². The molecule has 0 aliphatic rings. The molecule has 3 rings (SSSR count). The fraction of sp³-hybridized carbons (Fsp3) is 0.158. The predicted octanol–water partition coefficient (Wildman–Crippen LogP) is 4.02. The minimum atomic E-state index is -0.816. The number of carbonyl (C=O) groups excluding carboxylic acids is 1. The maximum absolute atomic E-state index is 11.9. The zero-order valence-electron chi connectivity index (χ0n) is 13.2. The highest BCUT2D eigenvalue weighted by Gasteiger charge is 2.10. The second-order valence-corrected chi connectivity index (χ2v) is 5.61. The Bertz CT molecular complexity index is 933. The largest absolute Gasteiger partial charge is 0.493 e. The molecule has 0 saturated carbocycles. The number of hydrogen-bond donors (Lipinski definition) is 0. The number of benzene rings is 2. The number of ether oxygens (including phenoxy) is 2. The van der Waals surface area contributed by atoms with E-state index < -0.39 is 5.24 Å². The molecule has 128 valence electrons. The van der Waals surface area contributed by atoms with Crippen molar-refractivity contribution in [2.24, 2.45) is 0 Å². The molecule has 3 aromatic rings. The minimum absolute atomic E-state index is 0.187. The molecule has 0 spiro atoms. The van der Waals surface area contributed by atoms with Crippen molar-refractivity contribution in [1.82, 2.24) is 0 Å². The van der Waals surface area contributed by atoms with Crippen LogP contribution in [-0.4, -0.2) is 18.5 Å². The van der Waals surface area contributed by atoms with Crippen LogP contribution in [0.2, 0.25) is 0 Å². The highest BCUT2D eigenvalue weighted by atomic mass is 35.5. The first kappa shape index (κ1) is 17.0. The predicted molar refractivity (Wildman–Crippen MR) is 94.7 cm³/mol. The van der Waals surface area contributed by atoms with Gasteiger partial charge in [-0.05, 0) is 35.9 Å². The third-order valence-electron chi connectivity index (χ3n) is 3.46. The summed E-state index contributed by atoms with van der Waals surface area (Å²) in [7, 11) is 0. The molecule has 0 bridgehead atoms. The van der Waals surface area contributed by atoms with Gasteiger partial charge in [-0.3, -0.25) is 9.59 Å². The average Bonchev–Trinajstić information content (AvgIpc) is 2.62. The summed E-state index contributed by atoms with van der Waals surface area (Å²) >= 11 is 5.37. The highest BCUT2D eigenvalue weighted by Crippen LogP contribution is 2.20. The van der Waals surface area contributed by atoms with Crippen molar-refractivity contribution in [3.05, 3.63) is 70.6 Å². The van der Waals surface area contributed by atoms with E-state index in [2.05, 4.69) is 0 Å². The van der Waals surface area contributed by atoms with Crippen LogP contribution in [0.15, 0.2) is 63.8 Å². The van der Waals surface area contributed by atoms with Crippen LogP contribution in [0.25, 0.3) is 11.0 Å². The van der Waals surface area contributed by atoms with Gasteiger partial charge in [0, 0.05) is 18.6 Å². The van der Waals surface area contributed by atoms with E-state index in [-0.39, 0.29) is 16.8 Å². The molecule has 0 atom stereocenters. The van der Waals surface area contributed by atoms with Crippen molar-refractivity contribution < 1.29 is 18.7 Å². The summed E-state index contributed by atoms with van der Waals surface area (Å²) in [5.41, 5.74) is -0.0670. The van der Waals surface area contributed by atoms with E-state index in [1.54, 1.807) is 18.2 Å². The Labute approximate surface area is 148 Å². The number of carbonyl (C=O) groups is 1. The third kappa shape index (κ3) is 4.39. The zero-order valence-corrected chi connectivity index (χ0v) is 14.0. The lowest BCUT2D eigenvalue weighted by atomic mass is 10.2. The Morgan fingerprint density at radius 2 is 1.68 bits per heavy atom. The SMILES string of the molecule is O=C(Cl)c1cc(=O)c2ccc(OCCCOc3ccccc3)cc2o1. The summed E-state index contributed by atoms with van der Waals surface area (Å²) in [5.74, 6) is 1.16. The summed E-state index contributed by atoms with van der Waals surface area (Å²) in [6, 6.07) is 15.5. The molecule has 0 N–H and O–H groups in total. The molecule has 5 nitrogen and oxygen atoms in total. The molecule has 0 fully saturated rings. The Hall–Kier alpha value is -2.79. The fourth-order valence-electron chi connectivity index (χ4n) is 2.28. The van der Waals surface area contributed by atoms with Gasteiger partial charge in [0.25, 0.3) is 5.24 Å². The van der Waals surface area contributed by atoms with Crippen LogP contribution in [0.3, 0.4) is 0 Å². The van der Waals surface area contributed by atoms with Gasteiger partial charge in [-0.15, -0.1) is 0 Å². The van der Waals surface area contributed by atoms with Crippen LogP contribution in [0.5, 0.6) is 11.5 Å². The summed E-state index contributed by atoms with van der Waals surface area (Å²) in [6.07, 6.45) is 0.692. The number of halogens is 1. The highest BCUT2D eigenvalue weighted by molar-refractivity contribution is 6.67. The van der Waals surface area contributed by atoms with Crippen molar-refractivity contribution in [2.45, 2.75) is 6.42 Å². The monoisotopic (exact) mass is 358 g/mol. The van der Waals surface area contributed by atoms with Crippen molar-refractivity contribution >= 4 is 27.8 Å². The van der Waals surface area contributed by atoms with Crippen LogP contribution >= 0.6 is 11.6 Å². The second kappa shape index (κ2) is 7.85. The molecule has 6 heteroatoms. The van der Waals surface area contributed by atoms with Gasteiger partial charge in [0.05, 0.1) is 18.6 Å². The number of para-hydroxylation sites is 1. The van der Waals surface area contributed by atoms with Gasteiger partial charge in [-0.2, -0.15) is 0 Å². The molecule has 0 amide bonds. The van der Waals surface area contributed by atoms with Crippen molar-refractivity contribution in [2.75, 3.05) is 13.2 Å².